The van der Waals surface area contributed by atoms with Crippen LogP contribution in [0.2, 0.25) is 0 Å². The first-order valence-electron chi connectivity index (χ1n) is 6.87. The Morgan fingerprint density at radius 3 is 2.77 bits per heavy atom. The highest BCUT2D eigenvalue weighted by molar-refractivity contribution is 7.87. The molecule has 0 aliphatic carbocycles. The monoisotopic (exact) mass is 331 g/mol. The van der Waals surface area contributed by atoms with Gasteiger partial charge in [0, 0.05) is 12.0 Å². The molecule has 3 saturated heterocycles. The topological polar surface area (TPSA) is 108 Å². The van der Waals surface area contributed by atoms with Gasteiger partial charge in [-0.15, -0.1) is 0 Å². The number of carbonyl (C=O) groups excluding carboxylic acids is 2. The van der Waals surface area contributed by atoms with Gasteiger partial charge in [0.1, 0.15) is 24.4 Å². The van der Waals surface area contributed by atoms with Crippen LogP contribution < -0.4 is 5.32 Å². The number of ether oxygens (including phenoxy) is 2. The van der Waals surface area contributed by atoms with Crippen molar-refractivity contribution < 1.29 is 31.7 Å². The summed E-state index contributed by atoms with van der Waals surface area (Å²) in [6.07, 6.45) is -1.69. The minimum atomic E-state index is -3.81. The smallest absolute Gasteiger partial charge is 0.325 e. The molecule has 3 aliphatic heterocycles. The predicted molar refractivity (Wildman–Crippen MR) is 73.2 cm³/mol. The molecule has 3 rings (SSSR count). The number of esters is 1. The molecule has 0 radical (unpaired) electrons. The SMILES string of the molecule is C=C(C)C(=O)NCC(=O)OC1C2C3OC1(C)CC3OS2(=O)=O. The molecular formula is C13H17NO7S. The maximum atomic E-state index is 12.0. The van der Waals surface area contributed by atoms with Crippen LogP contribution in [0.15, 0.2) is 12.2 Å². The second-order valence-corrected chi connectivity index (χ2v) is 7.79. The Hall–Kier alpha value is -1.45. The zero-order valence-corrected chi connectivity index (χ0v) is 13.0. The number of hydrogen-bond donors (Lipinski definition) is 1. The van der Waals surface area contributed by atoms with E-state index >= 15 is 0 Å². The summed E-state index contributed by atoms with van der Waals surface area (Å²) in [6, 6.07) is 0. The summed E-state index contributed by atoms with van der Waals surface area (Å²) in [5.74, 6) is -1.19. The minimum absolute atomic E-state index is 0.262. The molecular weight excluding hydrogens is 314 g/mol. The van der Waals surface area contributed by atoms with Gasteiger partial charge in [-0.2, -0.15) is 8.42 Å². The van der Waals surface area contributed by atoms with E-state index in [4.69, 9.17) is 13.7 Å². The lowest BCUT2D eigenvalue weighted by atomic mass is 9.85. The van der Waals surface area contributed by atoms with Gasteiger partial charge < -0.3 is 14.8 Å². The van der Waals surface area contributed by atoms with Crippen LogP contribution in [-0.4, -0.2) is 56.0 Å². The third kappa shape index (κ3) is 2.24. The van der Waals surface area contributed by atoms with Gasteiger partial charge in [0.15, 0.2) is 11.4 Å². The summed E-state index contributed by atoms with van der Waals surface area (Å²) in [5, 5.41) is 1.34. The number of carbonyl (C=O) groups is 2. The van der Waals surface area contributed by atoms with Gasteiger partial charge in [-0.25, -0.2) is 0 Å². The van der Waals surface area contributed by atoms with Crippen LogP contribution in [0.3, 0.4) is 0 Å². The van der Waals surface area contributed by atoms with Crippen LogP contribution in [0, 0.1) is 0 Å². The maximum absolute atomic E-state index is 12.0. The molecule has 1 N–H and O–H groups in total. The fraction of sp³-hybridized carbons (Fsp3) is 0.692. The van der Waals surface area contributed by atoms with Crippen molar-refractivity contribution in [3.63, 3.8) is 0 Å². The second-order valence-electron chi connectivity index (χ2n) is 6.06. The van der Waals surface area contributed by atoms with Crippen molar-refractivity contribution >= 4 is 22.0 Å². The van der Waals surface area contributed by atoms with E-state index in [2.05, 4.69) is 11.9 Å². The Kier molecular flexibility index (Phi) is 3.35. The molecule has 3 heterocycles. The average molecular weight is 331 g/mol. The molecule has 2 bridgehead atoms. The molecule has 0 aromatic heterocycles. The van der Waals surface area contributed by atoms with Crippen molar-refractivity contribution in [2.24, 2.45) is 0 Å². The summed E-state index contributed by atoms with van der Waals surface area (Å²) in [5.41, 5.74) is -0.616. The molecule has 8 nitrogen and oxygen atoms in total. The molecule has 0 aromatic rings. The second kappa shape index (κ2) is 4.77. The Morgan fingerprint density at radius 1 is 1.45 bits per heavy atom. The molecule has 5 unspecified atom stereocenters. The van der Waals surface area contributed by atoms with E-state index in [1.807, 2.05) is 0 Å². The minimum Gasteiger partial charge on any atom is -0.456 e. The number of nitrogens with one attached hydrogen (secondary N) is 1. The molecule has 0 aromatic carbocycles. The van der Waals surface area contributed by atoms with E-state index in [-0.39, 0.29) is 12.1 Å². The molecule has 9 heteroatoms. The first-order chi connectivity index (χ1) is 10.1. The third-order valence-electron chi connectivity index (χ3n) is 4.23. The van der Waals surface area contributed by atoms with E-state index < -0.39 is 51.2 Å². The van der Waals surface area contributed by atoms with Crippen molar-refractivity contribution in [1.29, 1.82) is 0 Å². The molecule has 122 valence electrons. The zero-order chi connectivity index (χ0) is 16.3. The van der Waals surface area contributed by atoms with Gasteiger partial charge in [-0.05, 0) is 13.8 Å². The van der Waals surface area contributed by atoms with Crippen molar-refractivity contribution in [1.82, 2.24) is 5.32 Å². The van der Waals surface area contributed by atoms with E-state index in [1.165, 1.54) is 6.92 Å². The predicted octanol–water partition coefficient (Wildman–Crippen LogP) is -0.751. The third-order valence-corrected chi connectivity index (χ3v) is 5.93. The quantitative estimate of drug-likeness (QED) is 0.410. The molecule has 22 heavy (non-hydrogen) atoms. The fourth-order valence-electron chi connectivity index (χ4n) is 3.25. The first kappa shape index (κ1) is 15.4. The van der Waals surface area contributed by atoms with Gasteiger partial charge in [0.25, 0.3) is 10.1 Å². The highest BCUT2D eigenvalue weighted by Crippen LogP contribution is 2.53. The maximum Gasteiger partial charge on any atom is 0.325 e. The number of fused-ring (bicyclic) bond motifs is 1. The van der Waals surface area contributed by atoms with E-state index in [1.54, 1.807) is 6.92 Å². The Balaban J connectivity index is 1.69. The first-order valence-corrected chi connectivity index (χ1v) is 8.34. The zero-order valence-electron chi connectivity index (χ0n) is 12.2. The largest absolute Gasteiger partial charge is 0.456 e. The number of rotatable bonds is 4. The van der Waals surface area contributed by atoms with E-state index in [0.29, 0.717) is 6.42 Å². The van der Waals surface area contributed by atoms with E-state index in [0.717, 1.165) is 0 Å². The number of amides is 1. The number of hydrogen-bond acceptors (Lipinski definition) is 7. The van der Waals surface area contributed by atoms with Gasteiger partial charge in [0.2, 0.25) is 5.91 Å². The van der Waals surface area contributed by atoms with Crippen LogP contribution in [0.1, 0.15) is 20.3 Å². The lowest BCUT2D eigenvalue weighted by Crippen LogP contribution is -2.49. The molecule has 0 saturated carbocycles. The Labute approximate surface area is 127 Å². The Bertz CT molecular complexity index is 653. The average Bonchev–Trinajstić information content (AvgIpc) is 2.91. The van der Waals surface area contributed by atoms with Crippen LogP contribution >= 0.6 is 0 Å². The molecule has 0 spiro atoms. The molecule has 3 aliphatic rings. The lowest BCUT2D eigenvalue weighted by Gasteiger charge is -2.29. The van der Waals surface area contributed by atoms with Gasteiger partial charge >= 0.3 is 5.97 Å². The lowest BCUT2D eigenvalue weighted by molar-refractivity contribution is -0.156. The highest BCUT2D eigenvalue weighted by atomic mass is 32.2. The van der Waals surface area contributed by atoms with Gasteiger partial charge in [0.05, 0.1) is 0 Å². The fourth-order valence-corrected chi connectivity index (χ4v) is 5.11. The van der Waals surface area contributed by atoms with Crippen molar-refractivity contribution in [2.45, 2.75) is 49.4 Å². The highest BCUT2D eigenvalue weighted by Gasteiger charge is 2.72. The molecule has 1 amide bonds. The van der Waals surface area contributed by atoms with Crippen LogP contribution in [0.5, 0.6) is 0 Å². The molecule has 3 fully saturated rings. The van der Waals surface area contributed by atoms with Gasteiger partial charge in [-0.3, -0.25) is 13.8 Å². The van der Waals surface area contributed by atoms with Gasteiger partial charge in [-0.1, -0.05) is 6.58 Å². The summed E-state index contributed by atoms with van der Waals surface area (Å²) in [6.45, 7) is 6.30. The van der Waals surface area contributed by atoms with Crippen LogP contribution in [-0.2, 0) is 33.4 Å². The summed E-state index contributed by atoms with van der Waals surface area (Å²) in [4.78, 5) is 23.2. The summed E-state index contributed by atoms with van der Waals surface area (Å²) >= 11 is 0. The molecule has 5 atom stereocenters. The Morgan fingerprint density at radius 2 is 2.14 bits per heavy atom. The van der Waals surface area contributed by atoms with Crippen LogP contribution in [0.25, 0.3) is 0 Å². The normalized spacial score (nSPS) is 40.5. The standard InChI is InChI=1S/C13H17NO7S/c1-6(2)12(16)14-5-8(15)19-11-10-9-7(21-22(10,17)18)4-13(11,3)20-9/h7,9-11H,1,4-5H2,2-3H3,(H,14,16). The van der Waals surface area contributed by atoms with E-state index in [9.17, 15) is 18.0 Å². The van der Waals surface area contributed by atoms with Crippen molar-refractivity contribution in [2.75, 3.05) is 6.54 Å². The summed E-state index contributed by atoms with van der Waals surface area (Å²) in [7, 11) is -3.81. The van der Waals surface area contributed by atoms with Crippen molar-refractivity contribution in [3.8, 4) is 0 Å². The van der Waals surface area contributed by atoms with Crippen LogP contribution in [0.4, 0.5) is 0 Å². The van der Waals surface area contributed by atoms with Crippen molar-refractivity contribution in [3.05, 3.63) is 12.2 Å². The summed E-state index contributed by atoms with van der Waals surface area (Å²) < 4.78 is 40.0.